The Morgan fingerprint density at radius 2 is 1.44 bits per heavy atom. The van der Waals surface area contributed by atoms with E-state index in [9.17, 15) is 29.4 Å². The van der Waals surface area contributed by atoms with Gasteiger partial charge in [-0.25, -0.2) is 14.6 Å². The lowest BCUT2D eigenvalue weighted by Crippen LogP contribution is -2.66. The van der Waals surface area contributed by atoms with Gasteiger partial charge in [0.2, 0.25) is 11.8 Å². The van der Waals surface area contributed by atoms with Gasteiger partial charge in [0.25, 0.3) is 0 Å². The first-order valence-electron chi connectivity index (χ1n) is 13.3. The summed E-state index contributed by atoms with van der Waals surface area (Å²) >= 11 is 1.36. The molecule has 1 aromatic heterocycles. The SMILES string of the molecule is CNC(=O)CCc1sc(NC(C)=O)nc1CCc1ccc(NC(N(C(=O)O)C(C)(C)C)N(C(=O)O)C(C)(C)C)cc1. The van der Waals surface area contributed by atoms with E-state index in [-0.39, 0.29) is 11.8 Å². The number of carbonyl (C=O) groups is 4. The Hall–Kier alpha value is -3.87. The van der Waals surface area contributed by atoms with Crippen molar-refractivity contribution in [2.75, 3.05) is 17.7 Å². The van der Waals surface area contributed by atoms with Crippen LogP contribution >= 0.6 is 11.3 Å². The summed E-state index contributed by atoms with van der Waals surface area (Å²) in [6.07, 6.45) is -1.66. The minimum Gasteiger partial charge on any atom is -0.465 e. The predicted molar refractivity (Wildman–Crippen MR) is 159 cm³/mol. The molecule has 0 aliphatic rings. The average Bonchev–Trinajstić information content (AvgIpc) is 3.20. The van der Waals surface area contributed by atoms with Crippen molar-refractivity contribution in [2.45, 2.75) is 91.5 Å². The fourth-order valence-electron chi connectivity index (χ4n) is 4.27. The molecule has 12 nitrogen and oxygen atoms in total. The first-order valence-corrected chi connectivity index (χ1v) is 14.1. The second kappa shape index (κ2) is 13.7. The van der Waals surface area contributed by atoms with E-state index in [1.165, 1.54) is 18.3 Å². The Balaban J connectivity index is 2.28. The van der Waals surface area contributed by atoms with Gasteiger partial charge >= 0.3 is 12.2 Å². The summed E-state index contributed by atoms with van der Waals surface area (Å²) in [6, 6.07) is 7.33. The minimum absolute atomic E-state index is 0.0762. The molecule has 0 aliphatic carbocycles. The van der Waals surface area contributed by atoms with E-state index in [0.29, 0.717) is 36.5 Å². The van der Waals surface area contributed by atoms with Crippen LogP contribution < -0.4 is 16.0 Å². The smallest absolute Gasteiger partial charge is 0.410 e. The minimum atomic E-state index is -1.25. The van der Waals surface area contributed by atoms with Gasteiger partial charge in [0.1, 0.15) is 0 Å². The first kappa shape index (κ1) is 33.3. The summed E-state index contributed by atoms with van der Waals surface area (Å²) in [6.45, 7) is 11.7. The van der Waals surface area contributed by atoms with Gasteiger partial charge in [-0.1, -0.05) is 12.1 Å². The van der Waals surface area contributed by atoms with E-state index in [1.807, 2.05) is 12.1 Å². The normalized spacial score (nSPS) is 11.6. The van der Waals surface area contributed by atoms with Crippen LogP contribution in [-0.4, -0.2) is 73.4 Å². The average molecular weight is 591 g/mol. The van der Waals surface area contributed by atoms with Crippen LogP contribution in [0.4, 0.5) is 20.4 Å². The van der Waals surface area contributed by atoms with Gasteiger partial charge in [-0.3, -0.25) is 19.4 Å². The molecular weight excluding hydrogens is 548 g/mol. The van der Waals surface area contributed by atoms with Crippen molar-refractivity contribution < 1.29 is 29.4 Å². The van der Waals surface area contributed by atoms with Gasteiger partial charge in [-0.05, 0) is 78.5 Å². The number of hydrogen-bond acceptors (Lipinski definition) is 7. The molecule has 1 heterocycles. The van der Waals surface area contributed by atoms with Crippen molar-refractivity contribution in [2.24, 2.45) is 0 Å². The number of nitrogens with zero attached hydrogens (tertiary/aromatic N) is 3. The van der Waals surface area contributed by atoms with Crippen LogP contribution in [0.15, 0.2) is 24.3 Å². The van der Waals surface area contributed by atoms with E-state index < -0.39 is 29.6 Å². The lowest BCUT2D eigenvalue weighted by atomic mass is 10.0. The third-order valence-corrected chi connectivity index (χ3v) is 7.24. The maximum absolute atomic E-state index is 12.3. The number of benzene rings is 1. The molecule has 0 aliphatic heterocycles. The molecule has 0 saturated heterocycles. The van der Waals surface area contributed by atoms with Crippen molar-refractivity contribution in [3.8, 4) is 0 Å². The zero-order valence-corrected chi connectivity index (χ0v) is 25.8. The van der Waals surface area contributed by atoms with E-state index >= 15 is 0 Å². The number of carbonyl (C=O) groups excluding carboxylic acids is 2. The molecule has 41 heavy (non-hydrogen) atoms. The molecule has 0 saturated carbocycles. The molecule has 0 spiro atoms. The van der Waals surface area contributed by atoms with Crippen molar-refractivity contribution in [1.82, 2.24) is 20.1 Å². The lowest BCUT2D eigenvalue weighted by Gasteiger charge is -2.48. The number of aromatic nitrogens is 1. The number of nitrogens with one attached hydrogen (secondary N) is 3. The number of anilines is 2. The van der Waals surface area contributed by atoms with Gasteiger partial charge in [-0.15, -0.1) is 11.3 Å². The Labute approximate surface area is 245 Å². The van der Waals surface area contributed by atoms with Gasteiger partial charge in [0.15, 0.2) is 11.4 Å². The molecule has 4 amide bonds. The fraction of sp³-hybridized carbons (Fsp3) is 0.536. The van der Waals surface area contributed by atoms with Crippen molar-refractivity contribution in [3.05, 3.63) is 40.4 Å². The van der Waals surface area contributed by atoms with Crippen LogP contribution in [0, 0.1) is 0 Å². The Morgan fingerprint density at radius 1 is 0.902 bits per heavy atom. The molecular formula is C28H42N6O6S. The third-order valence-electron chi connectivity index (χ3n) is 6.17. The second-order valence-electron chi connectivity index (χ2n) is 11.6. The van der Waals surface area contributed by atoms with Crippen molar-refractivity contribution in [1.29, 1.82) is 0 Å². The zero-order chi connectivity index (χ0) is 31.1. The van der Waals surface area contributed by atoms with Crippen LogP contribution in [0.5, 0.6) is 0 Å². The molecule has 0 bridgehead atoms. The number of aryl methyl sites for hydroxylation is 3. The van der Waals surface area contributed by atoms with Gasteiger partial charge in [0.05, 0.1) is 5.69 Å². The number of rotatable bonds is 11. The van der Waals surface area contributed by atoms with Gasteiger partial charge < -0.3 is 26.2 Å². The Bertz CT molecular complexity index is 1200. The summed E-state index contributed by atoms with van der Waals surface area (Å²) in [5, 5.41) is 29.0. The summed E-state index contributed by atoms with van der Waals surface area (Å²) in [7, 11) is 1.59. The summed E-state index contributed by atoms with van der Waals surface area (Å²) in [5.74, 6) is -0.293. The van der Waals surface area contributed by atoms with E-state index in [4.69, 9.17) is 0 Å². The first-order chi connectivity index (χ1) is 18.9. The monoisotopic (exact) mass is 590 g/mol. The highest BCUT2D eigenvalue weighted by Gasteiger charge is 2.43. The number of thiazole rings is 1. The maximum atomic E-state index is 12.3. The summed E-state index contributed by atoms with van der Waals surface area (Å²) < 4.78 is 0. The number of amides is 4. The Morgan fingerprint density at radius 3 is 1.88 bits per heavy atom. The standard InChI is InChI=1S/C28H42N6O6S/c1-17(35)30-23-32-20(21(41-23)15-16-22(36)29-8)14-11-18-9-12-19(13-10-18)31-24(33(25(37)38)27(2,3)4)34(26(39)40)28(5,6)7/h9-10,12-13,24,31H,11,14-16H2,1-8H3,(H,29,36)(H,37,38)(H,39,40)(H,30,32,35). The molecule has 1 aromatic carbocycles. The Kier molecular flexibility index (Phi) is 11.1. The molecule has 0 fully saturated rings. The lowest BCUT2D eigenvalue weighted by molar-refractivity contribution is -0.120. The number of carboxylic acid groups (broad SMARTS) is 2. The van der Waals surface area contributed by atoms with E-state index in [2.05, 4.69) is 20.9 Å². The van der Waals surface area contributed by atoms with E-state index in [1.54, 1.807) is 60.7 Å². The maximum Gasteiger partial charge on any atom is 0.410 e. The molecule has 0 unspecified atom stereocenters. The van der Waals surface area contributed by atoms with Crippen molar-refractivity contribution in [3.63, 3.8) is 0 Å². The third kappa shape index (κ3) is 9.62. The fourth-order valence-corrected chi connectivity index (χ4v) is 5.32. The quantitative estimate of drug-likeness (QED) is 0.233. The number of hydrogen-bond donors (Lipinski definition) is 5. The largest absolute Gasteiger partial charge is 0.465 e. The van der Waals surface area contributed by atoms with E-state index in [0.717, 1.165) is 25.9 Å². The van der Waals surface area contributed by atoms with Gasteiger partial charge in [0, 0.05) is 42.0 Å². The molecule has 226 valence electrons. The molecule has 2 rings (SSSR count). The van der Waals surface area contributed by atoms with Gasteiger partial charge in [-0.2, -0.15) is 0 Å². The van der Waals surface area contributed by atoms with Crippen LogP contribution in [0.3, 0.4) is 0 Å². The second-order valence-corrected chi connectivity index (χ2v) is 12.7. The van der Waals surface area contributed by atoms with Crippen LogP contribution in [0.25, 0.3) is 0 Å². The molecule has 13 heteroatoms. The van der Waals surface area contributed by atoms with Crippen molar-refractivity contribution >= 4 is 46.2 Å². The topological polar surface area (TPSA) is 164 Å². The van der Waals surface area contributed by atoms with Crippen LogP contribution in [0.2, 0.25) is 0 Å². The molecule has 0 atom stereocenters. The summed E-state index contributed by atoms with van der Waals surface area (Å²) in [5.41, 5.74) is 0.547. The molecule has 2 aromatic rings. The van der Waals surface area contributed by atoms with Crippen LogP contribution in [0.1, 0.15) is 71.0 Å². The highest BCUT2D eigenvalue weighted by molar-refractivity contribution is 7.15. The summed E-state index contributed by atoms with van der Waals surface area (Å²) in [4.78, 5) is 55.6. The predicted octanol–water partition coefficient (Wildman–Crippen LogP) is 4.82. The molecule has 5 N–H and O–H groups in total. The highest BCUT2D eigenvalue weighted by atomic mass is 32.1. The highest BCUT2D eigenvalue weighted by Crippen LogP contribution is 2.28. The van der Waals surface area contributed by atoms with Crippen LogP contribution in [-0.2, 0) is 28.9 Å². The zero-order valence-electron chi connectivity index (χ0n) is 25.0. The molecule has 0 radical (unpaired) electrons.